The smallest absolute Gasteiger partial charge is 0.263 e. The molecule has 0 atom stereocenters. The molecule has 3 rings (SSSR count). The summed E-state index contributed by atoms with van der Waals surface area (Å²) < 4.78 is 7.39. The van der Waals surface area contributed by atoms with Gasteiger partial charge in [-0.25, -0.2) is 9.67 Å². The van der Waals surface area contributed by atoms with Gasteiger partial charge in [0.1, 0.15) is 11.3 Å². The molecule has 0 aliphatic heterocycles. The monoisotopic (exact) mass is 392 g/mol. The number of fused-ring (bicyclic) bond motifs is 1. The van der Waals surface area contributed by atoms with Crippen molar-refractivity contribution in [3.63, 3.8) is 0 Å². The Balaban J connectivity index is 1.80. The van der Waals surface area contributed by atoms with Crippen molar-refractivity contribution in [2.45, 2.75) is 26.8 Å². The minimum Gasteiger partial charge on any atom is -0.480 e. The lowest BCUT2D eigenvalue weighted by atomic mass is 10.2. The second-order valence-electron chi connectivity index (χ2n) is 6.11. The van der Waals surface area contributed by atoms with Gasteiger partial charge in [-0.15, -0.1) is 0 Å². The highest BCUT2D eigenvalue weighted by Crippen LogP contribution is 2.37. The number of carbonyl (C=O) groups is 1. The molecule has 2 aromatic heterocycles. The zero-order valence-electron chi connectivity index (χ0n) is 14.6. The number of benzene rings is 1. The Morgan fingerprint density at radius 3 is 2.77 bits per heavy atom. The SMILES string of the molecule is Cc1ccc2c(Cl)cc(Cl)c(OCC(=O)Nc3ccnn3C(C)C)c2n1. The van der Waals surface area contributed by atoms with Crippen LogP contribution in [0.5, 0.6) is 5.75 Å². The van der Waals surface area contributed by atoms with Gasteiger partial charge in [-0.05, 0) is 39.0 Å². The number of rotatable bonds is 5. The molecule has 1 N–H and O–H groups in total. The predicted octanol–water partition coefficient (Wildman–Crippen LogP) is 4.64. The largest absolute Gasteiger partial charge is 0.480 e. The number of nitrogens with one attached hydrogen (secondary N) is 1. The molecule has 0 unspecified atom stereocenters. The summed E-state index contributed by atoms with van der Waals surface area (Å²) in [7, 11) is 0. The summed E-state index contributed by atoms with van der Waals surface area (Å²) in [4.78, 5) is 16.7. The molecule has 6 nitrogen and oxygen atoms in total. The number of nitrogens with zero attached hydrogens (tertiary/aromatic N) is 3. The summed E-state index contributed by atoms with van der Waals surface area (Å²) in [6.45, 7) is 5.60. The Bertz CT molecular complexity index is 969. The topological polar surface area (TPSA) is 69.0 Å². The van der Waals surface area contributed by atoms with Crippen molar-refractivity contribution in [3.8, 4) is 5.75 Å². The molecule has 0 aliphatic carbocycles. The Labute approximate surface area is 161 Å². The van der Waals surface area contributed by atoms with E-state index in [2.05, 4.69) is 15.4 Å². The van der Waals surface area contributed by atoms with Crippen molar-refractivity contribution in [2.75, 3.05) is 11.9 Å². The first-order valence-electron chi connectivity index (χ1n) is 8.08. The molecule has 8 heteroatoms. The van der Waals surface area contributed by atoms with Crippen LogP contribution in [0.3, 0.4) is 0 Å². The average molecular weight is 393 g/mol. The van der Waals surface area contributed by atoms with Crippen LogP contribution in [0.2, 0.25) is 10.0 Å². The van der Waals surface area contributed by atoms with Crippen LogP contribution in [0.15, 0.2) is 30.5 Å². The first-order valence-corrected chi connectivity index (χ1v) is 8.84. The molecule has 1 amide bonds. The molecule has 26 heavy (non-hydrogen) atoms. The van der Waals surface area contributed by atoms with Crippen LogP contribution in [0.4, 0.5) is 5.82 Å². The van der Waals surface area contributed by atoms with Gasteiger partial charge in [-0.2, -0.15) is 5.10 Å². The Morgan fingerprint density at radius 1 is 1.27 bits per heavy atom. The van der Waals surface area contributed by atoms with Crippen LogP contribution in [-0.2, 0) is 4.79 Å². The fraction of sp³-hybridized carbons (Fsp3) is 0.278. The highest BCUT2D eigenvalue weighted by molar-refractivity contribution is 6.39. The summed E-state index contributed by atoms with van der Waals surface area (Å²) >= 11 is 12.5. The number of ether oxygens (including phenoxy) is 1. The van der Waals surface area contributed by atoms with Gasteiger partial charge in [-0.1, -0.05) is 23.2 Å². The first kappa shape index (κ1) is 18.5. The van der Waals surface area contributed by atoms with E-state index < -0.39 is 0 Å². The molecule has 0 aliphatic rings. The van der Waals surface area contributed by atoms with Gasteiger partial charge >= 0.3 is 0 Å². The summed E-state index contributed by atoms with van der Waals surface area (Å²) in [6, 6.07) is 7.15. The molecular weight excluding hydrogens is 375 g/mol. The third-order valence-corrected chi connectivity index (χ3v) is 4.35. The lowest BCUT2D eigenvalue weighted by molar-refractivity contribution is -0.118. The van der Waals surface area contributed by atoms with Crippen molar-refractivity contribution in [1.82, 2.24) is 14.8 Å². The van der Waals surface area contributed by atoms with Crippen molar-refractivity contribution in [2.24, 2.45) is 0 Å². The molecule has 2 heterocycles. The molecular formula is C18H18Cl2N4O2. The first-order chi connectivity index (χ1) is 12.4. The molecule has 1 aromatic carbocycles. The third-order valence-electron chi connectivity index (χ3n) is 3.75. The van der Waals surface area contributed by atoms with Gasteiger partial charge in [0.2, 0.25) is 0 Å². The maximum absolute atomic E-state index is 12.3. The maximum atomic E-state index is 12.3. The maximum Gasteiger partial charge on any atom is 0.263 e. The van der Waals surface area contributed by atoms with Crippen molar-refractivity contribution in [3.05, 3.63) is 46.2 Å². The number of aryl methyl sites for hydroxylation is 1. The van der Waals surface area contributed by atoms with Gasteiger partial charge in [0.15, 0.2) is 12.4 Å². The summed E-state index contributed by atoms with van der Waals surface area (Å²) in [5.74, 6) is 0.621. The van der Waals surface area contributed by atoms with Crippen molar-refractivity contribution < 1.29 is 9.53 Å². The van der Waals surface area contributed by atoms with Gasteiger partial charge < -0.3 is 10.1 Å². The Morgan fingerprint density at radius 2 is 2.04 bits per heavy atom. The quantitative estimate of drug-likeness (QED) is 0.686. The molecule has 136 valence electrons. The molecule has 0 fully saturated rings. The van der Waals surface area contributed by atoms with E-state index in [0.29, 0.717) is 27.1 Å². The summed E-state index contributed by atoms with van der Waals surface area (Å²) in [6.07, 6.45) is 1.63. The van der Waals surface area contributed by atoms with Crippen molar-refractivity contribution in [1.29, 1.82) is 0 Å². The molecule has 0 spiro atoms. The van der Waals surface area contributed by atoms with E-state index in [1.54, 1.807) is 23.0 Å². The lowest BCUT2D eigenvalue weighted by Crippen LogP contribution is -2.22. The highest BCUT2D eigenvalue weighted by atomic mass is 35.5. The number of pyridine rings is 1. The average Bonchev–Trinajstić information content (AvgIpc) is 3.02. The standard InChI is InChI=1S/C18H18Cl2N4O2/c1-10(2)24-15(6-7-21-24)23-16(25)9-26-18-14(20)8-13(19)12-5-4-11(3)22-17(12)18/h4-8,10H,9H2,1-3H3,(H,23,25). The fourth-order valence-corrected chi connectivity index (χ4v) is 3.14. The molecule has 3 aromatic rings. The summed E-state index contributed by atoms with van der Waals surface area (Å²) in [5.41, 5.74) is 1.33. The van der Waals surface area contributed by atoms with Gasteiger partial charge in [0.05, 0.1) is 16.2 Å². The van der Waals surface area contributed by atoms with E-state index in [1.807, 2.05) is 32.9 Å². The highest BCUT2D eigenvalue weighted by Gasteiger charge is 2.16. The van der Waals surface area contributed by atoms with Gasteiger partial charge in [0, 0.05) is 23.2 Å². The minimum absolute atomic E-state index is 0.128. The zero-order chi connectivity index (χ0) is 18.8. The van der Waals surface area contributed by atoms with E-state index in [1.165, 1.54) is 0 Å². The summed E-state index contributed by atoms with van der Waals surface area (Å²) in [5, 5.41) is 8.46. The van der Waals surface area contributed by atoms with E-state index in [4.69, 9.17) is 27.9 Å². The fourth-order valence-electron chi connectivity index (χ4n) is 2.57. The van der Waals surface area contributed by atoms with E-state index in [9.17, 15) is 4.79 Å². The van der Waals surface area contributed by atoms with Crippen LogP contribution in [0.1, 0.15) is 25.6 Å². The number of hydrogen-bond donors (Lipinski definition) is 1. The molecule has 0 bridgehead atoms. The minimum atomic E-state index is -0.320. The zero-order valence-corrected chi connectivity index (χ0v) is 16.1. The second kappa shape index (κ2) is 7.51. The van der Waals surface area contributed by atoms with Crippen LogP contribution >= 0.6 is 23.2 Å². The Kier molecular flexibility index (Phi) is 5.34. The van der Waals surface area contributed by atoms with Gasteiger partial charge in [0.25, 0.3) is 5.91 Å². The number of halogens is 2. The van der Waals surface area contributed by atoms with Gasteiger partial charge in [-0.3, -0.25) is 4.79 Å². The number of aromatic nitrogens is 3. The number of hydrogen-bond acceptors (Lipinski definition) is 4. The van der Waals surface area contributed by atoms with E-state index in [0.717, 1.165) is 11.1 Å². The predicted molar refractivity (Wildman–Crippen MR) is 103 cm³/mol. The van der Waals surface area contributed by atoms with Crippen LogP contribution < -0.4 is 10.1 Å². The number of carbonyl (C=O) groups excluding carboxylic acids is 1. The van der Waals surface area contributed by atoms with Crippen LogP contribution in [0.25, 0.3) is 10.9 Å². The van der Waals surface area contributed by atoms with E-state index >= 15 is 0 Å². The Hall–Kier alpha value is -2.31. The molecule has 0 saturated heterocycles. The molecule has 0 saturated carbocycles. The van der Waals surface area contributed by atoms with E-state index in [-0.39, 0.29) is 18.6 Å². The van der Waals surface area contributed by atoms with Crippen LogP contribution in [-0.4, -0.2) is 27.3 Å². The normalized spacial score (nSPS) is 11.2. The third kappa shape index (κ3) is 3.76. The molecule has 0 radical (unpaired) electrons. The lowest BCUT2D eigenvalue weighted by Gasteiger charge is -2.14. The number of anilines is 1. The van der Waals surface area contributed by atoms with Crippen molar-refractivity contribution >= 4 is 45.8 Å². The van der Waals surface area contributed by atoms with Crippen LogP contribution in [0, 0.1) is 6.92 Å². The number of amides is 1. The second-order valence-corrected chi connectivity index (χ2v) is 6.92.